The summed E-state index contributed by atoms with van der Waals surface area (Å²) in [4.78, 5) is 23.9. The molecule has 6 heteroatoms. The zero-order chi connectivity index (χ0) is 17.9. The van der Waals surface area contributed by atoms with Crippen LogP contribution in [0.3, 0.4) is 0 Å². The molecule has 0 radical (unpaired) electrons. The first-order valence-electron chi connectivity index (χ1n) is 8.34. The lowest BCUT2D eigenvalue weighted by molar-refractivity contribution is 0.0983. The smallest absolute Gasteiger partial charge is 0.279 e. The molecule has 4 aromatic rings. The van der Waals surface area contributed by atoms with E-state index in [0.717, 1.165) is 26.8 Å². The van der Waals surface area contributed by atoms with Crippen molar-refractivity contribution in [2.45, 2.75) is 13.3 Å². The van der Waals surface area contributed by atoms with Crippen molar-refractivity contribution >= 4 is 43.9 Å². The Morgan fingerprint density at radius 2 is 1.81 bits per heavy atom. The first-order valence-corrected chi connectivity index (χ1v) is 10.0. The zero-order valence-electron chi connectivity index (χ0n) is 14.3. The summed E-state index contributed by atoms with van der Waals surface area (Å²) in [5, 5.41) is 3.43. The first-order chi connectivity index (χ1) is 12.7. The van der Waals surface area contributed by atoms with Crippen LogP contribution in [-0.4, -0.2) is 22.4 Å². The summed E-state index contributed by atoms with van der Waals surface area (Å²) in [5.41, 5.74) is 2.60. The number of carbonyl (C=O) groups excluding carboxylic acids is 1. The number of rotatable bonds is 5. The van der Waals surface area contributed by atoms with E-state index in [4.69, 9.17) is 0 Å². The van der Waals surface area contributed by atoms with Crippen LogP contribution in [0.2, 0.25) is 0 Å². The number of aromatic nitrogens is 2. The zero-order valence-corrected chi connectivity index (χ0v) is 15.9. The lowest BCUT2D eigenvalue weighted by Gasteiger charge is -2.19. The lowest BCUT2D eigenvalue weighted by Crippen LogP contribution is -2.33. The van der Waals surface area contributed by atoms with Crippen LogP contribution in [-0.2, 0) is 6.42 Å². The number of hydrogen-bond donors (Lipinski definition) is 0. The Morgan fingerprint density at radius 3 is 2.54 bits per heavy atom. The van der Waals surface area contributed by atoms with Gasteiger partial charge in [-0.05, 0) is 31.0 Å². The number of aryl methyl sites for hydroxylation is 1. The van der Waals surface area contributed by atoms with Gasteiger partial charge in [-0.15, -0.1) is 11.3 Å². The van der Waals surface area contributed by atoms with Crippen LogP contribution in [0.4, 0.5) is 5.13 Å². The van der Waals surface area contributed by atoms with Gasteiger partial charge < -0.3 is 0 Å². The largest absolute Gasteiger partial charge is 0.282 e. The van der Waals surface area contributed by atoms with Gasteiger partial charge in [0.25, 0.3) is 5.91 Å². The molecule has 0 saturated carbocycles. The fraction of sp³-hybridized carbons (Fsp3) is 0.150. The van der Waals surface area contributed by atoms with Crippen molar-refractivity contribution in [3.8, 4) is 0 Å². The van der Waals surface area contributed by atoms with Crippen LogP contribution in [0, 0.1) is 6.92 Å². The number of fused-ring (bicyclic) bond motifs is 1. The molecule has 1 amide bonds. The van der Waals surface area contributed by atoms with E-state index in [2.05, 4.69) is 22.1 Å². The Balaban J connectivity index is 1.67. The SMILES string of the molecule is Cc1nc(C(=O)N(CCc2ccccc2)c2nc3ccccc3s2)cs1. The summed E-state index contributed by atoms with van der Waals surface area (Å²) in [6, 6.07) is 18.1. The number of carbonyl (C=O) groups is 1. The van der Waals surface area contributed by atoms with Crippen molar-refractivity contribution in [1.29, 1.82) is 0 Å². The van der Waals surface area contributed by atoms with Crippen molar-refractivity contribution < 1.29 is 4.79 Å². The second-order valence-electron chi connectivity index (χ2n) is 5.91. The summed E-state index contributed by atoms with van der Waals surface area (Å²) in [6.07, 6.45) is 0.769. The molecule has 0 aliphatic heterocycles. The van der Waals surface area contributed by atoms with Gasteiger partial charge in [0.15, 0.2) is 5.13 Å². The highest BCUT2D eigenvalue weighted by molar-refractivity contribution is 7.22. The van der Waals surface area contributed by atoms with Gasteiger partial charge in [0, 0.05) is 11.9 Å². The van der Waals surface area contributed by atoms with Crippen molar-refractivity contribution in [3.05, 3.63) is 76.2 Å². The van der Waals surface area contributed by atoms with E-state index in [9.17, 15) is 4.79 Å². The minimum atomic E-state index is -0.0932. The molecule has 0 spiro atoms. The van der Waals surface area contributed by atoms with Crippen molar-refractivity contribution in [3.63, 3.8) is 0 Å². The van der Waals surface area contributed by atoms with Gasteiger partial charge in [0.2, 0.25) is 0 Å². The van der Waals surface area contributed by atoms with Crippen LogP contribution in [0.5, 0.6) is 0 Å². The highest BCUT2D eigenvalue weighted by Gasteiger charge is 2.23. The molecule has 4 nitrogen and oxygen atoms in total. The highest BCUT2D eigenvalue weighted by atomic mass is 32.1. The number of amides is 1. The Kier molecular flexibility index (Phi) is 4.77. The number of hydrogen-bond acceptors (Lipinski definition) is 5. The molecule has 0 bridgehead atoms. The maximum absolute atomic E-state index is 13.1. The normalized spacial score (nSPS) is 11.0. The third-order valence-corrected chi connectivity index (χ3v) is 5.90. The van der Waals surface area contributed by atoms with Crippen LogP contribution in [0.25, 0.3) is 10.2 Å². The van der Waals surface area contributed by atoms with E-state index in [1.807, 2.05) is 54.8 Å². The number of benzene rings is 2. The van der Waals surface area contributed by atoms with E-state index in [-0.39, 0.29) is 5.91 Å². The molecule has 0 aliphatic rings. The molecule has 2 aromatic heterocycles. The van der Waals surface area contributed by atoms with Gasteiger partial charge in [-0.2, -0.15) is 0 Å². The van der Waals surface area contributed by atoms with Crippen LogP contribution < -0.4 is 4.90 Å². The Morgan fingerprint density at radius 1 is 1.04 bits per heavy atom. The predicted molar refractivity (Wildman–Crippen MR) is 108 cm³/mol. The van der Waals surface area contributed by atoms with E-state index < -0.39 is 0 Å². The second-order valence-corrected chi connectivity index (χ2v) is 7.98. The molecule has 130 valence electrons. The van der Waals surface area contributed by atoms with E-state index >= 15 is 0 Å². The fourth-order valence-corrected chi connectivity index (χ4v) is 4.32. The van der Waals surface area contributed by atoms with Crippen molar-refractivity contribution in [1.82, 2.24) is 9.97 Å². The van der Waals surface area contributed by atoms with E-state index in [1.54, 1.807) is 4.90 Å². The van der Waals surface area contributed by atoms with Gasteiger partial charge in [0.1, 0.15) is 5.69 Å². The Labute approximate surface area is 159 Å². The quantitative estimate of drug-likeness (QED) is 0.493. The summed E-state index contributed by atoms with van der Waals surface area (Å²) in [6.45, 7) is 2.48. The molecule has 0 unspecified atom stereocenters. The first kappa shape index (κ1) is 16.9. The van der Waals surface area contributed by atoms with E-state index in [0.29, 0.717) is 12.2 Å². The highest BCUT2D eigenvalue weighted by Crippen LogP contribution is 2.30. The molecule has 0 N–H and O–H groups in total. The molecule has 4 rings (SSSR count). The van der Waals surface area contributed by atoms with Gasteiger partial charge in [0.05, 0.1) is 15.2 Å². The number of thiazole rings is 2. The third-order valence-electron chi connectivity index (χ3n) is 4.06. The van der Waals surface area contributed by atoms with Crippen LogP contribution in [0.15, 0.2) is 60.0 Å². The topological polar surface area (TPSA) is 46.1 Å². The van der Waals surface area contributed by atoms with Gasteiger partial charge in [-0.25, -0.2) is 9.97 Å². The molecular weight excluding hydrogens is 362 g/mol. The average Bonchev–Trinajstić information content (AvgIpc) is 3.28. The number of anilines is 1. The monoisotopic (exact) mass is 379 g/mol. The predicted octanol–water partition coefficient (Wildman–Crippen LogP) is 4.95. The summed E-state index contributed by atoms with van der Waals surface area (Å²) in [5.74, 6) is -0.0932. The molecule has 0 atom stereocenters. The molecule has 2 heterocycles. The van der Waals surface area contributed by atoms with Crippen LogP contribution in [0.1, 0.15) is 21.1 Å². The minimum absolute atomic E-state index is 0.0932. The fourth-order valence-electron chi connectivity index (χ4n) is 2.75. The molecule has 2 aromatic carbocycles. The van der Waals surface area contributed by atoms with Crippen molar-refractivity contribution in [2.24, 2.45) is 0 Å². The lowest BCUT2D eigenvalue weighted by atomic mass is 10.1. The van der Waals surface area contributed by atoms with E-state index in [1.165, 1.54) is 28.2 Å². The summed E-state index contributed by atoms with van der Waals surface area (Å²) in [7, 11) is 0. The maximum Gasteiger partial charge on any atom is 0.279 e. The molecule has 0 aliphatic carbocycles. The Bertz CT molecular complexity index is 1010. The number of para-hydroxylation sites is 1. The Hall–Kier alpha value is -2.57. The maximum atomic E-state index is 13.1. The molecule has 0 saturated heterocycles. The van der Waals surface area contributed by atoms with Gasteiger partial charge in [-0.3, -0.25) is 9.69 Å². The van der Waals surface area contributed by atoms with Crippen molar-refractivity contribution in [2.75, 3.05) is 11.4 Å². The standard InChI is InChI=1S/C20H17N3OS2/c1-14-21-17(13-25-14)19(24)23(12-11-15-7-3-2-4-8-15)20-22-16-9-5-6-10-18(16)26-20/h2-10,13H,11-12H2,1H3. The average molecular weight is 380 g/mol. The summed E-state index contributed by atoms with van der Waals surface area (Å²) >= 11 is 3.03. The van der Waals surface area contributed by atoms with Gasteiger partial charge in [-0.1, -0.05) is 53.8 Å². The molecule has 0 fully saturated rings. The third kappa shape index (κ3) is 3.52. The van der Waals surface area contributed by atoms with Crippen LogP contribution >= 0.6 is 22.7 Å². The van der Waals surface area contributed by atoms with Gasteiger partial charge >= 0.3 is 0 Å². The number of nitrogens with zero attached hydrogens (tertiary/aromatic N) is 3. The minimum Gasteiger partial charge on any atom is -0.282 e. The molecular formula is C20H17N3OS2. The summed E-state index contributed by atoms with van der Waals surface area (Å²) < 4.78 is 1.08. The molecule has 26 heavy (non-hydrogen) atoms. The second kappa shape index (κ2) is 7.35.